The number of hydrogen-bond donors (Lipinski definition) is 1. The molecule has 1 aromatic carbocycles. The number of hydrogen-bond acceptors (Lipinski definition) is 6. The van der Waals surface area contributed by atoms with E-state index in [1.54, 1.807) is 7.11 Å². The van der Waals surface area contributed by atoms with Gasteiger partial charge >= 0.3 is 0 Å². The Labute approximate surface area is 183 Å². The lowest BCUT2D eigenvalue weighted by Crippen LogP contribution is -2.19. The number of benzene rings is 1. The summed E-state index contributed by atoms with van der Waals surface area (Å²) in [6.07, 6.45) is 1.92. The second kappa shape index (κ2) is 8.12. The van der Waals surface area contributed by atoms with E-state index in [0.717, 1.165) is 39.0 Å². The lowest BCUT2D eigenvalue weighted by atomic mass is 10.2. The highest BCUT2D eigenvalue weighted by molar-refractivity contribution is 8.18. The molecule has 6 nitrogen and oxygen atoms in total. The van der Waals surface area contributed by atoms with Gasteiger partial charge in [0.15, 0.2) is 5.17 Å². The number of carbonyl (C=O) groups excluding carboxylic acids is 1. The van der Waals surface area contributed by atoms with E-state index in [0.29, 0.717) is 15.2 Å². The van der Waals surface area contributed by atoms with E-state index in [9.17, 15) is 4.79 Å². The summed E-state index contributed by atoms with van der Waals surface area (Å²) in [5, 5.41) is 4.05. The third-order valence-electron chi connectivity index (χ3n) is 4.93. The van der Waals surface area contributed by atoms with Gasteiger partial charge in [-0.25, -0.2) is 4.98 Å². The molecule has 1 amide bonds. The molecule has 0 atom stereocenters. The predicted octanol–water partition coefficient (Wildman–Crippen LogP) is 5.07. The second-order valence-electron chi connectivity index (χ2n) is 6.98. The second-order valence-corrected chi connectivity index (χ2v) is 9.20. The smallest absolute Gasteiger partial charge is 0.264 e. The van der Waals surface area contributed by atoms with Crippen LogP contribution in [0.15, 0.2) is 40.2 Å². The monoisotopic (exact) mass is 438 g/mol. The maximum absolute atomic E-state index is 12.5. The van der Waals surface area contributed by atoms with Crippen molar-refractivity contribution in [1.82, 2.24) is 14.9 Å². The number of nitrogens with zero attached hydrogens (tertiary/aromatic N) is 3. The van der Waals surface area contributed by atoms with Crippen LogP contribution in [0.25, 0.3) is 11.8 Å². The maximum Gasteiger partial charge on any atom is 0.264 e. The summed E-state index contributed by atoms with van der Waals surface area (Å²) >= 11 is 2.86. The average Bonchev–Trinajstić information content (AvgIpc) is 3.31. The van der Waals surface area contributed by atoms with Gasteiger partial charge in [-0.2, -0.15) is 4.99 Å². The zero-order valence-corrected chi connectivity index (χ0v) is 19.1. The van der Waals surface area contributed by atoms with E-state index in [2.05, 4.69) is 32.9 Å². The Kier molecular flexibility index (Phi) is 5.53. The van der Waals surface area contributed by atoms with Crippen molar-refractivity contribution in [3.8, 4) is 11.4 Å². The Bertz CT molecular complexity index is 1180. The third kappa shape index (κ3) is 3.93. The van der Waals surface area contributed by atoms with Gasteiger partial charge in [-0.3, -0.25) is 4.79 Å². The van der Waals surface area contributed by atoms with Crippen LogP contribution in [0, 0.1) is 27.7 Å². The first-order valence-electron chi connectivity index (χ1n) is 9.42. The van der Waals surface area contributed by atoms with Gasteiger partial charge in [0.2, 0.25) is 5.13 Å². The number of thiazole rings is 1. The summed E-state index contributed by atoms with van der Waals surface area (Å²) in [6.45, 7) is 8.07. The summed E-state index contributed by atoms with van der Waals surface area (Å²) in [6, 6.07) is 10.0. The van der Waals surface area contributed by atoms with E-state index in [-0.39, 0.29) is 5.91 Å². The van der Waals surface area contributed by atoms with Crippen molar-refractivity contribution >= 4 is 45.4 Å². The van der Waals surface area contributed by atoms with Gasteiger partial charge in [-0.15, -0.1) is 0 Å². The number of carbonyl (C=O) groups is 1. The number of ether oxygens (including phenoxy) is 1. The van der Waals surface area contributed by atoms with Crippen molar-refractivity contribution in [3.63, 3.8) is 0 Å². The van der Waals surface area contributed by atoms with Crippen molar-refractivity contribution in [2.45, 2.75) is 27.7 Å². The number of aliphatic imine (C=N–C) groups is 1. The SMILES string of the molecule is COc1cccc(-n2c(C)cc(/C=C3\S/C(=N/c4nc(C)c(C)s4)NC3=O)c2C)c1. The Balaban J connectivity index is 1.64. The molecule has 1 aliphatic heterocycles. The first kappa shape index (κ1) is 20.4. The normalized spacial score (nSPS) is 16.5. The van der Waals surface area contributed by atoms with Crippen molar-refractivity contribution in [2.24, 2.45) is 4.99 Å². The van der Waals surface area contributed by atoms with Crippen LogP contribution in [0.5, 0.6) is 5.75 Å². The van der Waals surface area contributed by atoms with E-state index in [1.165, 1.54) is 23.1 Å². The average molecular weight is 439 g/mol. The lowest BCUT2D eigenvalue weighted by Gasteiger charge is -2.11. The van der Waals surface area contributed by atoms with Crippen molar-refractivity contribution in [1.29, 1.82) is 0 Å². The molecule has 4 rings (SSSR count). The standard InChI is InChI=1S/C22H22N4O2S2/c1-12-9-16(14(3)26(12)17-7-6-8-18(11-17)28-5)10-19-20(27)24-22(30-19)25-21-23-13(2)15(4)29-21/h6-11H,1-5H3,(H,23,24,25,27)/b19-10-. The molecule has 0 aliphatic carbocycles. The van der Waals surface area contributed by atoms with E-state index >= 15 is 0 Å². The summed E-state index contributed by atoms with van der Waals surface area (Å²) in [5.41, 5.74) is 5.12. The Morgan fingerprint density at radius 1 is 1.20 bits per heavy atom. The molecule has 1 saturated heterocycles. The summed E-state index contributed by atoms with van der Waals surface area (Å²) in [5.74, 6) is 0.661. The molecule has 0 saturated carbocycles. The minimum Gasteiger partial charge on any atom is -0.497 e. The quantitative estimate of drug-likeness (QED) is 0.578. The van der Waals surface area contributed by atoms with Gasteiger partial charge in [0.1, 0.15) is 5.75 Å². The number of nitrogens with one attached hydrogen (secondary N) is 1. The number of amides is 1. The van der Waals surface area contributed by atoms with Crippen molar-refractivity contribution in [3.05, 3.63) is 62.8 Å². The summed E-state index contributed by atoms with van der Waals surface area (Å²) < 4.78 is 7.51. The molecule has 0 bridgehead atoms. The van der Waals surface area contributed by atoms with E-state index in [1.807, 2.05) is 51.1 Å². The minimum atomic E-state index is -0.144. The van der Waals surface area contributed by atoms with Gasteiger partial charge in [0, 0.05) is 28.0 Å². The predicted molar refractivity (Wildman–Crippen MR) is 124 cm³/mol. The molecule has 0 unspecified atom stereocenters. The number of thioether (sulfide) groups is 1. The molecule has 1 fully saturated rings. The van der Waals surface area contributed by atoms with Crippen LogP contribution < -0.4 is 10.1 Å². The van der Waals surface area contributed by atoms with Gasteiger partial charge in [0.25, 0.3) is 5.91 Å². The molecule has 0 spiro atoms. The lowest BCUT2D eigenvalue weighted by molar-refractivity contribution is -0.115. The summed E-state index contributed by atoms with van der Waals surface area (Å²) in [4.78, 5) is 23.1. The number of amidine groups is 1. The van der Waals surface area contributed by atoms with Gasteiger partial charge in [-0.05, 0) is 69.3 Å². The topological polar surface area (TPSA) is 68.5 Å². The van der Waals surface area contributed by atoms with Gasteiger partial charge in [0.05, 0.1) is 17.7 Å². The Morgan fingerprint density at radius 3 is 2.70 bits per heavy atom. The molecule has 0 radical (unpaired) electrons. The van der Waals surface area contributed by atoms with E-state index < -0.39 is 0 Å². The number of methoxy groups -OCH3 is 1. The molecule has 3 aromatic rings. The van der Waals surface area contributed by atoms with Crippen molar-refractivity contribution in [2.75, 3.05) is 7.11 Å². The molecular formula is C22H22N4O2S2. The maximum atomic E-state index is 12.5. The van der Waals surface area contributed by atoms with Crippen LogP contribution in [0.3, 0.4) is 0 Å². The van der Waals surface area contributed by atoms with Gasteiger partial charge < -0.3 is 14.6 Å². The highest BCUT2D eigenvalue weighted by Crippen LogP contribution is 2.32. The number of aryl methyl sites for hydroxylation is 3. The van der Waals surface area contributed by atoms with Crippen LogP contribution in [0.2, 0.25) is 0 Å². The fraction of sp³-hybridized carbons (Fsp3) is 0.227. The fourth-order valence-electron chi connectivity index (χ4n) is 3.29. The third-order valence-corrected chi connectivity index (χ3v) is 6.81. The Morgan fingerprint density at radius 2 is 2.00 bits per heavy atom. The van der Waals surface area contributed by atoms with Crippen molar-refractivity contribution < 1.29 is 9.53 Å². The van der Waals surface area contributed by atoms with Gasteiger partial charge in [-0.1, -0.05) is 17.4 Å². The molecule has 30 heavy (non-hydrogen) atoms. The molecule has 1 aliphatic rings. The van der Waals surface area contributed by atoms with Crippen LogP contribution >= 0.6 is 23.1 Å². The number of aromatic nitrogens is 2. The molecule has 154 valence electrons. The fourth-order valence-corrected chi connectivity index (χ4v) is 4.95. The van der Waals surface area contributed by atoms with Crippen LogP contribution in [0.4, 0.5) is 5.13 Å². The molecular weight excluding hydrogens is 416 g/mol. The zero-order chi connectivity index (χ0) is 21.4. The molecule has 8 heteroatoms. The first-order chi connectivity index (χ1) is 14.4. The minimum absolute atomic E-state index is 0.144. The molecule has 3 heterocycles. The zero-order valence-electron chi connectivity index (χ0n) is 17.4. The first-order valence-corrected chi connectivity index (χ1v) is 11.1. The number of rotatable bonds is 4. The molecule has 2 aromatic heterocycles. The highest BCUT2D eigenvalue weighted by atomic mass is 32.2. The van der Waals surface area contributed by atoms with Crippen LogP contribution in [-0.2, 0) is 4.79 Å². The molecule has 1 N–H and O–H groups in total. The highest BCUT2D eigenvalue weighted by Gasteiger charge is 2.25. The van der Waals surface area contributed by atoms with Crippen LogP contribution in [0.1, 0.15) is 27.5 Å². The largest absolute Gasteiger partial charge is 0.497 e. The van der Waals surface area contributed by atoms with E-state index in [4.69, 9.17) is 4.74 Å². The Hall–Kier alpha value is -2.84. The van der Waals surface area contributed by atoms with Crippen LogP contribution in [-0.4, -0.2) is 27.7 Å². The summed E-state index contributed by atoms with van der Waals surface area (Å²) in [7, 11) is 1.66.